The van der Waals surface area contributed by atoms with Gasteiger partial charge in [0, 0.05) is 0 Å². The van der Waals surface area contributed by atoms with Crippen molar-refractivity contribution < 1.29 is 32.8 Å². The normalized spacial score (nSPS) is 12.0. The van der Waals surface area contributed by atoms with Crippen LogP contribution in [-0.4, -0.2) is 65.5 Å². The number of hydrogen-bond acceptors (Lipinski definition) is 4. The summed E-state index contributed by atoms with van der Waals surface area (Å²) in [6.45, 7) is 6.59. The van der Waals surface area contributed by atoms with E-state index in [1.54, 1.807) is 0 Å². The minimum absolute atomic E-state index is 0.0175. The monoisotopic (exact) mass is 478 g/mol. The maximum Gasteiger partial charge on any atom is 0.335 e. The molecular formula is C22H39O7PS. The summed E-state index contributed by atoms with van der Waals surface area (Å²) in [4.78, 5) is 20.8. The molecule has 3 N–H and O–H groups in total. The Morgan fingerprint density at radius 2 is 1.19 bits per heavy atom. The fourth-order valence-corrected chi connectivity index (χ4v) is 11.1. The standard InChI is InChI=1S/C14H33O3PS.C8H6O4/c1-4-7-10-18(11-8-5-2,12-9-6-3)13-14-19(15,16)17;9-7(10)5-2-1-3-6(4-5)8(11)12/h18H,4-14H2,1-3H3,(H,15,16,17);1-4H,(H,9,10)(H,11,12). The van der Waals surface area contributed by atoms with Gasteiger partial charge in [0.2, 0.25) is 0 Å². The van der Waals surface area contributed by atoms with Crippen LogP contribution < -0.4 is 0 Å². The van der Waals surface area contributed by atoms with Crippen molar-refractivity contribution in [1.82, 2.24) is 0 Å². The minimum Gasteiger partial charge on any atom is -0.478 e. The van der Waals surface area contributed by atoms with Gasteiger partial charge >= 0.3 is 132 Å². The van der Waals surface area contributed by atoms with Gasteiger partial charge in [-0.25, -0.2) is 9.59 Å². The first-order chi connectivity index (χ1) is 14.5. The van der Waals surface area contributed by atoms with Crippen molar-refractivity contribution in [1.29, 1.82) is 0 Å². The van der Waals surface area contributed by atoms with Crippen LogP contribution in [0, 0.1) is 0 Å². The second-order valence-corrected chi connectivity index (χ2v) is 14.6. The fourth-order valence-electron chi connectivity index (χ4n) is 3.54. The van der Waals surface area contributed by atoms with E-state index in [0.29, 0.717) is 0 Å². The average Bonchev–Trinajstić information content (AvgIpc) is 2.72. The van der Waals surface area contributed by atoms with E-state index in [1.807, 2.05) is 0 Å². The van der Waals surface area contributed by atoms with Crippen molar-refractivity contribution >= 4 is 29.3 Å². The molecule has 1 aromatic carbocycles. The molecule has 0 heterocycles. The largest absolute Gasteiger partial charge is 0.478 e. The van der Waals surface area contributed by atoms with Crippen LogP contribution in [0.25, 0.3) is 0 Å². The van der Waals surface area contributed by atoms with Crippen LogP contribution in [0.5, 0.6) is 0 Å². The molecule has 0 aromatic heterocycles. The van der Waals surface area contributed by atoms with Crippen molar-refractivity contribution in [2.24, 2.45) is 0 Å². The molecule has 31 heavy (non-hydrogen) atoms. The first-order valence-electron chi connectivity index (χ1n) is 11.0. The van der Waals surface area contributed by atoms with E-state index in [4.69, 9.17) is 14.8 Å². The average molecular weight is 479 g/mol. The molecule has 0 aliphatic rings. The number of carboxylic acids is 2. The van der Waals surface area contributed by atoms with Crippen LogP contribution in [-0.2, 0) is 10.1 Å². The molecule has 0 aliphatic heterocycles. The molecule has 9 heteroatoms. The number of carbonyl (C=O) groups is 2. The number of benzene rings is 1. The van der Waals surface area contributed by atoms with Crippen LogP contribution in [0.3, 0.4) is 0 Å². The Labute approximate surface area is 187 Å². The summed E-state index contributed by atoms with van der Waals surface area (Å²) in [5.74, 6) is -2.27. The molecule has 1 rings (SSSR count). The van der Waals surface area contributed by atoms with Crippen molar-refractivity contribution in [2.45, 2.75) is 59.3 Å². The van der Waals surface area contributed by atoms with Gasteiger partial charge in [-0.1, -0.05) is 6.07 Å². The summed E-state index contributed by atoms with van der Waals surface area (Å²) in [5, 5.41) is 17.0. The number of hydrogen-bond donors (Lipinski definition) is 3. The quantitative estimate of drug-likeness (QED) is 0.250. The van der Waals surface area contributed by atoms with Crippen LogP contribution in [0.4, 0.5) is 0 Å². The maximum atomic E-state index is 11.1. The van der Waals surface area contributed by atoms with E-state index >= 15 is 0 Å². The number of unbranched alkanes of at least 4 members (excludes halogenated alkanes) is 3. The topological polar surface area (TPSA) is 129 Å². The van der Waals surface area contributed by atoms with E-state index in [2.05, 4.69) is 20.8 Å². The Hall–Kier alpha value is -1.50. The zero-order chi connectivity index (χ0) is 23.9. The predicted molar refractivity (Wildman–Crippen MR) is 129 cm³/mol. The predicted octanol–water partition coefficient (Wildman–Crippen LogP) is 5.11. The van der Waals surface area contributed by atoms with Gasteiger partial charge in [-0.2, -0.15) is 0 Å². The van der Waals surface area contributed by atoms with E-state index in [0.717, 1.165) is 12.2 Å². The van der Waals surface area contributed by atoms with Gasteiger partial charge in [0.05, 0.1) is 11.1 Å². The fraction of sp³-hybridized carbons (Fsp3) is 0.636. The Kier molecular flexibility index (Phi) is 14.6. The molecule has 0 spiro atoms. The van der Waals surface area contributed by atoms with Crippen LogP contribution in [0.15, 0.2) is 24.3 Å². The molecule has 0 radical (unpaired) electrons. The van der Waals surface area contributed by atoms with Gasteiger partial charge in [0.1, 0.15) is 0 Å². The summed E-state index contributed by atoms with van der Waals surface area (Å²) in [7, 11) is -5.31. The Balaban J connectivity index is 0.000000639. The minimum atomic E-state index is -3.80. The SMILES string of the molecule is CCCC[PH](CCCC)(CCCC)CCS(=O)(=O)O.O=C(O)c1cccc(C(=O)O)c1. The molecule has 0 aliphatic carbocycles. The van der Waals surface area contributed by atoms with Crippen molar-refractivity contribution in [2.75, 3.05) is 30.4 Å². The van der Waals surface area contributed by atoms with E-state index < -0.39 is 29.3 Å². The first kappa shape index (κ1) is 29.5. The molecule has 0 fully saturated rings. The zero-order valence-electron chi connectivity index (χ0n) is 19.0. The molecule has 0 saturated heterocycles. The maximum absolute atomic E-state index is 11.1. The van der Waals surface area contributed by atoms with Gasteiger partial charge in [-0.15, -0.1) is 0 Å². The summed E-state index contributed by atoms with van der Waals surface area (Å²) in [6.07, 6.45) is 11.6. The Bertz CT molecular complexity index is 727. The van der Waals surface area contributed by atoms with E-state index in [-0.39, 0.29) is 16.9 Å². The zero-order valence-corrected chi connectivity index (χ0v) is 20.8. The third-order valence-corrected chi connectivity index (χ3v) is 12.1. The van der Waals surface area contributed by atoms with E-state index in [1.165, 1.54) is 75.2 Å². The molecule has 0 saturated carbocycles. The molecular weight excluding hydrogens is 439 g/mol. The van der Waals surface area contributed by atoms with Gasteiger partial charge in [0.15, 0.2) is 0 Å². The molecule has 0 unspecified atom stereocenters. The third kappa shape index (κ3) is 13.5. The molecule has 0 bridgehead atoms. The Morgan fingerprint density at radius 1 is 0.806 bits per heavy atom. The van der Waals surface area contributed by atoms with Crippen molar-refractivity contribution in [3.05, 3.63) is 35.4 Å². The van der Waals surface area contributed by atoms with Gasteiger partial charge < -0.3 is 10.2 Å². The van der Waals surface area contributed by atoms with Crippen LogP contribution in [0.2, 0.25) is 0 Å². The second kappa shape index (κ2) is 15.3. The Morgan fingerprint density at radius 3 is 1.48 bits per heavy atom. The summed E-state index contributed by atoms with van der Waals surface area (Å²) in [6, 6.07) is 5.20. The van der Waals surface area contributed by atoms with E-state index in [9.17, 15) is 18.0 Å². The molecule has 7 nitrogen and oxygen atoms in total. The third-order valence-electron chi connectivity index (χ3n) is 5.43. The summed E-state index contributed by atoms with van der Waals surface area (Å²) < 4.78 is 31.2. The molecule has 0 atom stereocenters. The first-order valence-corrected chi connectivity index (χ1v) is 15.5. The van der Waals surface area contributed by atoms with Gasteiger partial charge in [-0.05, 0) is 18.2 Å². The number of aromatic carboxylic acids is 2. The second-order valence-electron chi connectivity index (χ2n) is 8.04. The number of carboxylic acid groups (broad SMARTS) is 2. The summed E-state index contributed by atoms with van der Waals surface area (Å²) >= 11 is 0. The summed E-state index contributed by atoms with van der Waals surface area (Å²) in [5.41, 5.74) is -0.0372. The van der Waals surface area contributed by atoms with Crippen LogP contribution in [0.1, 0.15) is 80.0 Å². The van der Waals surface area contributed by atoms with Gasteiger partial charge in [-0.3, -0.25) is 0 Å². The van der Waals surface area contributed by atoms with Crippen molar-refractivity contribution in [3.63, 3.8) is 0 Å². The smallest absolute Gasteiger partial charge is 0.335 e. The molecule has 1 aromatic rings. The number of rotatable bonds is 14. The van der Waals surface area contributed by atoms with Crippen LogP contribution >= 0.6 is 7.26 Å². The molecule has 0 amide bonds. The van der Waals surface area contributed by atoms with Gasteiger partial charge in [0.25, 0.3) is 0 Å². The van der Waals surface area contributed by atoms with Crippen molar-refractivity contribution in [3.8, 4) is 0 Å². The molecule has 180 valence electrons.